The van der Waals surface area contributed by atoms with Crippen LogP contribution in [0.4, 0.5) is 0 Å². The Morgan fingerprint density at radius 1 is 1.35 bits per heavy atom. The lowest BCUT2D eigenvalue weighted by Gasteiger charge is -2.06. The standard InChI is InChI=1S/C11H10N4OS/c12-10(13)7-3-1-2-4-8(7)17-11-14-6-5-9(16)15-11/h1-6H,(H3,12,13)(H,14,15,16). The highest BCUT2D eigenvalue weighted by molar-refractivity contribution is 7.99. The second-order valence-electron chi connectivity index (χ2n) is 3.25. The molecule has 4 N–H and O–H groups in total. The third-order valence-electron chi connectivity index (χ3n) is 2.03. The highest BCUT2D eigenvalue weighted by atomic mass is 32.2. The maximum atomic E-state index is 11.1. The molecule has 0 atom stereocenters. The van der Waals surface area contributed by atoms with Crippen LogP contribution in [0.1, 0.15) is 5.56 Å². The second kappa shape index (κ2) is 4.84. The van der Waals surface area contributed by atoms with Gasteiger partial charge in [-0.2, -0.15) is 0 Å². The number of aromatic amines is 1. The number of hydrogen-bond acceptors (Lipinski definition) is 4. The van der Waals surface area contributed by atoms with Crippen LogP contribution in [-0.2, 0) is 0 Å². The highest BCUT2D eigenvalue weighted by Gasteiger charge is 2.07. The Hall–Kier alpha value is -2.08. The number of nitrogen functional groups attached to an aromatic ring is 1. The number of aromatic nitrogens is 2. The summed E-state index contributed by atoms with van der Waals surface area (Å²) in [5.41, 5.74) is 5.90. The number of nitrogens with one attached hydrogen (secondary N) is 2. The topological polar surface area (TPSA) is 95.6 Å². The summed E-state index contributed by atoms with van der Waals surface area (Å²) in [5.74, 6) is -0.00798. The van der Waals surface area contributed by atoms with Crippen LogP contribution in [0.3, 0.4) is 0 Å². The van der Waals surface area contributed by atoms with Gasteiger partial charge in [-0.15, -0.1) is 0 Å². The molecule has 17 heavy (non-hydrogen) atoms. The molecule has 0 aliphatic rings. The number of hydrogen-bond donors (Lipinski definition) is 3. The van der Waals surface area contributed by atoms with E-state index in [2.05, 4.69) is 9.97 Å². The van der Waals surface area contributed by atoms with Gasteiger partial charge >= 0.3 is 0 Å². The predicted molar refractivity (Wildman–Crippen MR) is 66.4 cm³/mol. The Labute approximate surface area is 102 Å². The second-order valence-corrected chi connectivity index (χ2v) is 4.28. The first-order valence-corrected chi connectivity index (χ1v) is 5.65. The average molecular weight is 246 g/mol. The molecule has 0 spiro atoms. The molecule has 1 aromatic carbocycles. The fraction of sp³-hybridized carbons (Fsp3) is 0. The maximum absolute atomic E-state index is 11.1. The van der Waals surface area contributed by atoms with Crippen LogP contribution in [0, 0.1) is 5.41 Å². The average Bonchev–Trinajstić information content (AvgIpc) is 2.29. The van der Waals surface area contributed by atoms with Crippen LogP contribution in [-0.4, -0.2) is 15.8 Å². The minimum Gasteiger partial charge on any atom is -0.384 e. The van der Waals surface area contributed by atoms with E-state index >= 15 is 0 Å². The lowest BCUT2D eigenvalue weighted by atomic mass is 10.2. The van der Waals surface area contributed by atoms with Gasteiger partial charge in [0.05, 0.1) is 0 Å². The first-order chi connectivity index (χ1) is 8.16. The number of rotatable bonds is 3. The zero-order valence-corrected chi connectivity index (χ0v) is 9.62. The molecule has 0 radical (unpaired) electrons. The van der Waals surface area contributed by atoms with Crippen LogP contribution >= 0.6 is 11.8 Å². The number of benzene rings is 1. The van der Waals surface area contributed by atoms with E-state index in [1.165, 1.54) is 24.0 Å². The highest BCUT2D eigenvalue weighted by Crippen LogP contribution is 2.26. The summed E-state index contributed by atoms with van der Waals surface area (Å²) in [4.78, 5) is 18.5. The third-order valence-corrected chi connectivity index (χ3v) is 3.01. The van der Waals surface area contributed by atoms with Gasteiger partial charge in [-0.05, 0) is 6.07 Å². The van der Waals surface area contributed by atoms with Gasteiger partial charge in [0.2, 0.25) is 0 Å². The minimum atomic E-state index is -0.206. The smallest absolute Gasteiger partial charge is 0.251 e. The maximum Gasteiger partial charge on any atom is 0.251 e. The summed E-state index contributed by atoms with van der Waals surface area (Å²) < 4.78 is 0. The lowest BCUT2D eigenvalue weighted by Crippen LogP contribution is -2.12. The molecule has 0 aliphatic heterocycles. The van der Waals surface area contributed by atoms with Gasteiger partial charge < -0.3 is 10.7 Å². The zero-order chi connectivity index (χ0) is 12.3. The van der Waals surface area contributed by atoms with Gasteiger partial charge in [-0.3, -0.25) is 10.2 Å². The van der Waals surface area contributed by atoms with Crippen molar-refractivity contribution < 1.29 is 0 Å². The van der Waals surface area contributed by atoms with Crippen molar-refractivity contribution in [3.8, 4) is 0 Å². The Morgan fingerprint density at radius 3 is 2.82 bits per heavy atom. The Bertz CT molecular complexity index is 608. The van der Waals surface area contributed by atoms with Crippen molar-refractivity contribution in [3.63, 3.8) is 0 Å². The van der Waals surface area contributed by atoms with Gasteiger partial charge in [0.1, 0.15) is 5.84 Å². The number of H-pyrrole nitrogens is 1. The van der Waals surface area contributed by atoms with Gasteiger partial charge in [-0.25, -0.2) is 4.98 Å². The molecule has 6 heteroatoms. The first-order valence-electron chi connectivity index (χ1n) is 4.83. The lowest BCUT2D eigenvalue weighted by molar-refractivity contribution is 0.936. The molecular formula is C11H10N4OS. The Balaban J connectivity index is 2.36. The summed E-state index contributed by atoms with van der Waals surface area (Å²) in [6.45, 7) is 0. The third kappa shape index (κ3) is 2.73. The molecule has 2 aromatic rings. The van der Waals surface area contributed by atoms with Gasteiger partial charge in [0.25, 0.3) is 5.56 Å². The predicted octanol–water partition coefficient (Wildman–Crippen LogP) is 1.21. The van der Waals surface area contributed by atoms with Crippen LogP contribution in [0.15, 0.2) is 51.4 Å². The molecule has 0 saturated heterocycles. The van der Waals surface area contributed by atoms with E-state index in [0.717, 1.165) is 4.90 Å². The summed E-state index contributed by atoms with van der Waals surface area (Å²) in [7, 11) is 0. The summed E-state index contributed by atoms with van der Waals surface area (Å²) in [5, 5.41) is 7.93. The molecule has 86 valence electrons. The number of amidine groups is 1. The van der Waals surface area contributed by atoms with Crippen molar-refractivity contribution in [2.24, 2.45) is 5.73 Å². The zero-order valence-electron chi connectivity index (χ0n) is 8.81. The van der Waals surface area contributed by atoms with E-state index in [1.807, 2.05) is 18.2 Å². The van der Waals surface area contributed by atoms with Gasteiger partial charge in [-0.1, -0.05) is 30.0 Å². The largest absolute Gasteiger partial charge is 0.384 e. The van der Waals surface area contributed by atoms with Crippen molar-refractivity contribution in [1.29, 1.82) is 5.41 Å². The fourth-order valence-electron chi connectivity index (χ4n) is 1.29. The van der Waals surface area contributed by atoms with E-state index in [0.29, 0.717) is 10.7 Å². The van der Waals surface area contributed by atoms with Gasteiger partial charge in [0.15, 0.2) is 5.16 Å². The van der Waals surface area contributed by atoms with Crippen molar-refractivity contribution in [2.45, 2.75) is 10.1 Å². The van der Waals surface area contributed by atoms with Crippen LogP contribution < -0.4 is 11.3 Å². The molecule has 0 saturated carbocycles. The molecule has 0 amide bonds. The molecule has 0 aliphatic carbocycles. The molecule has 2 rings (SSSR count). The molecular weight excluding hydrogens is 236 g/mol. The van der Waals surface area contributed by atoms with Crippen LogP contribution in [0.2, 0.25) is 0 Å². The summed E-state index contributed by atoms with van der Waals surface area (Å²) >= 11 is 1.27. The van der Waals surface area contributed by atoms with E-state index < -0.39 is 0 Å². The van der Waals surface area contributed by atoms with Crippen molar-refractivity contribution in [2.75, 3.05) is 0 Å². The molecule has 0 fully saturated rings. The van der Waals surface area contributed by atoms with Crippen molar-refractivity contribution in [3.05, 3.63) is 52.4 Å². The molecule has 0 bridgehead atoms. The summed E-state index contributed by atoms with van der Waals surface area (Å²) in [6.07, 6.45) is 1.44. The minimum absolute atomic E-state index is 0.00798. The quantitative estimate of drug-likeness (QED) is 0.431. The number of nitrogens with zero attached hydrogens (tertiary/aromatic N) is 1. The first kappa shape index (κ1) is 11.4. The van der Waals surface area contributed by atoms with Crippen LogP contribution in [0.25, 0.3) is 0 Å². The summed E-state index contributed by atoms with van der Waals surface area (Å²) in [6, 6.07) is 8.58. The normalized spacial score (nSPS) is 10.1. The fourth-order valence-corrected chi connectivity index (χ4v) is 2.19. The molecule has 0 unspecified atom stereocenters. The Morgan fingerprint density at radius 2 is 2.12 bits per heavy atom. The van der Waals surface area contributed by atoms with Crippen molar-refractivity contribution >= 4 is 17.6 Å². The van der Waals surface area contributed by atoms with E-state index in [4.69, 9.17) is 11.1 Å². The molecule has 1 heterocycles. The Kier molecular flexibility index (Phi) is 3.24. The van der Waals surface area contributed by atoms with Crippen molar-refractivity contribution in [1.82, 2.24) is 9.97 Å². The molecule has 1 aromatic heterocycles. The monoisotopic (exact) mass is 246 g/mol. The van der Waals surface area contributed by atoms with E-state index in [1.54, 1.807) is 6.07 Å². The number of nitrogens with two attached hydrogens (primary N) is 1. The van der Waals surface area contributed by atoms with E-state index in [9.17, 15) is 4.79 Å². The van der Waals surface area contributed by atoms with Crippen LogP contribution in [0.5, 0.6) is 0 Å². The van der Waals surface area contributed by atoms with E-state index in [-0.39, 0.29) is 11.4 Å². The SMILES string of the molecule is N=C(N)c1ccccc1Sc1nccc(=O)[nH]1. The molecule has 5 nitrogen and oxygen atoms in total. The van der Waals surface area contributed by atoms with Gasteiger partial charge in [0, 0.05) is 22.7 Å².